The molecule has 11 heavy (non-hydrogen) atoms. The van der Waals surface area contributed by atoms with Crippen LogP contribution in [-0.4, -0.2) is 4.43 Å². The molecule has 0 saturated carbocycles. The van der Waals surface area contributed by atoms with Crippen LogP contribution in [0.4, 0.5) is 0 Å². The largest absolute Gasteiger partial charge is 0.0861 e. The number of rotatable bonds is 1. The molecule has 1 aromatic rings. The Morgan fingerprint density at radius 1 is 1.18 bits per heavy atom. The van der Waals surface area contributed by atoms with E-state index in [0.717, 1.165) is 5.92 Å². The molecule has 1 heteroatoms. The molecule has 0 nitrogen and oxygen atoms in total. The fourth-order valence-electron chi connectivity index (χ4n) is 1.76. The van der Waals surface area contributed by atoms with Crippen LogP contribution in [0.15, 0.2) is 24.3 Å². The third-order valence-corrected chi connectivity index (χ3v) is 3.60. The molecule has 1 aliphatic rings. The predicted molar refractivity (Wildman–Crippen MR) is 56.2 cm³/mol. The zero-order valence-corrected chi connectivity index (χ0v) is 8.54. The van der Waals surface area contributed by atoms with E-state index in [4.69, 9.17) is 0 Å². The van der Waals surface area contributed by atoms with Gasteiger partial charge in [0.05, 0.1) is 0 Å². The second-order valence-electron chi connectivity index (χ2n) is 3.20. The normalized spacial score (nSPS) is 16.8. The van der Waals surface area contributed by atoms with E-state index in [1.807, 2.05) is 0 Å². The van der Waals surface area contributed by atoms with Gasteiger partial charge in [-0.05, 0) is 29.9 Å². The molecule has 0 unspecified atom stereocenters. The van der Waals surface area contributed by atoms with Crippen molar-refractivity contribution in [3.05, 3.63) is 35.4 Å². The van der Waals surface area contributed by atoms with Gasteiger partial charge >= 0.3 is 0 Å². The Balaban J connectivity index is 2.27. The quantitative estimate of drug-likeness (QED) is 0.536. The van der Waals surface area contributed by atoms with E-state index >= 15 is 0 Å². The van der Waals surface area contributed by atoms with Gasteiger partial charge in [-0.1, -0.05) is 46.9 Å². The smallest absolute Gasteiger partial charge is 0.00300 e. The summed E-state index contributed by atoms with van der Waals surface area (Å²) in [5.74, 6) is 0.910. The molecule has 0 aromatic heterocycles. The molecular formula is C10H11I. The minimum Gasteiger partial charge on any atom is -0.0861 e. The van der Waals surface area contributed by atoms with Crippen molar-refractivity contribution in [2.24, 2.45) is 5.92 Å². The summed E-state index contributed by atoms with van der Waals surface area (Å²) in [6.07, 6.45) is 2.61. The van der Waals surface area contributed by atoms with Crippen molar-refractivity contribution in [2.45, 2.75) is 12.8 Å². The molecule has 0 bridgehead atoms. The summed E-state index contributed by atoms with van der Waals surface area (Å²) < 4.78 is 1.30. The maximum atomic E-state index is 2.49. The lowest BCUT2D eigenvalue weighted by Gasteiger charge is -1.99. The van der Waals surface area contributed by atoms with Gasteiger partial charge in [-0.25, -0.2) is 0 Å². The number of benzene rings is 1. The first kappa shape index (κ1) is 7.59. The second kappa shape index (κ2) is 3.13. The summed E-state index contributed by atoms with van der Waals surface area (Å²) in [4.78, 5) is 0. The summed E-state index contributed by atoms with van der Waals surface area (Å²) in [6.45, 7) is 0. The van der Waals surface area contributed by atoms with E-state index in [1.165, 1.54) is 17.3 Å². The first-order valence-corrected chi connectivity index (χ1v) is 5.55. The zero-order valence-electron chi connectivity index (χ0n) is 6.39. The zero-order chi connectivity index (χ0) is 7.68. The lowest BCUT2D eigenvalue weighted by molar-refractivity contribution is 0.649. The fraction of sp³-hybridized carbons (Fsp3) is 0.400. The van der Waals surface area contributed by atoms with Crippen molar-refractivity contribution in [3.8, 4) is 0 Å². The molecule has 0 atom stereocenters. The highest BCUT2D eigenvalue weighted by Crippen LogP contribution is 2.27. The van der Waals surface area contributed by atoms with Gasteiger partial charge in [0.15, 0.2) is 0 Å². The van der Waals surface area contributed by atoms with Gasteiger partial charge in [-0.15, -0.1) is 0 Å². The Hall–Kier alpha value is -0.0500. The minimum atomic E-state index is 0.910. The summed E-state index contributed by atoms with van der Waals surface area (Å²) in [7, 11) is 0. The average molecular weight is 258 g/mol. The topological polar surface area (TPSA) is 0 Å². The van der Waals surface area contributed by atoms with E-state index in [1.54, 1.807) is 11.1 Å². The SMILES string of the molecule is ICC1Cc2ccccc2C1. The van der Waals surface area contributed by atoms with Crippen molar-refractivity contribution < 1.29 is 0 Å². The Morgan fingerprint density at radius 3 is 2.18 bits per heavy atom. The lowest BCUT2D eigenvalue weighted by Crippen LogP contribution is -1.99. The Kier molecular flexibility index (Phi) is 2.16. The van der Waals surface area contributed by atoms with Crippen LogP contribution in [0.3, 0.4) is 0 Å². The van der Waals surface area contributed by atoms with Crippen molar-refractivity contribution in [3.63, 3.8) is 0 Å². The van der Waals surface area contributed by atoms with Crippen LogP contribution in [0.2, 0.25) is 0 Å². The molecular weight excluding hydrogens is 247 g/mol. The van der Waals surface area contributed by atoms with Crippen molar-refractivity contribution in [2.75, 3.05) is 4.43 Å². The van der Waals surface area contributed by atoms with E-state index in [9.17, 15) is 0 Å². The van der Waals surface area contributed by atoms with Gasteiger partial charge in [0.25, 0.3) is 0 Å². The Morgan fingerprint density at radius 2 is 1.73 bits per heavy atom. The lowest BCUT2D eigenvalue weighted by atomic mass is 10.1. The predicted octanol–water partition coefficient (Wildman–Crippen LogP) is 2.84. The molecule has 0 fully saturated rings. The van der Waals surface area contributed by atoms with Crippen LogP contribution in [0.5, 0.6) is 0 Å². The van der Waals surface area contributed by atoms with Gasteiger partial charge in [0, 0.05) is 4.43 Å². The third kappa shape index (κ3) is 1.43. The number of halogens is 1. The number of alkyl halides is 1. The molecule has 0 N–H and O–H groups in total. The van der Waals surface area contributed by atoms with E-state index in [2.05, 4.69) is 46.9 Å². The maximum absolute atomic E-state index is 2.49. The molecule has 0 amide bonds. The van der Waals surface area contributed by atoms with E-state index < -0.39 is 0 Å². The van der Waals surface area contributed by atoms with Crippen molar-refractivity contribution in [1.29, 1.82) is 0 Å². The first-order valence-electron chi connectivity index (χ1n) is 4.03. The van der Waals surface area contributed by atoms with Crippen LogP contribution in [0, 0.1) is 5.92 Å². The number of hydrogen-bond donors (Lipinski definition) is 0. The highest BCUT2D eigenvalue weighted by atomic mass is 127. The van der Waals surface area contributed by atoms with Crippen molar-refractivity contribution >= 4 is 22.6 Å². The Labute approximate surface area is 81.1 Å². The van der Waals surface area contributed by atoms with Crippen molar-refractivity contribution in [1.82, 2.24) is 0 Å². The standard InChI is InChI=1S/C10H11I/c11-7-8-5-9-3-1-2-4-10(9)6-8/h1-4,8H,5-7H2. The second-order valence-corrected chi connectivity index (χ2v) is 4.08. The van der Waals surface area contributed by atoms with Crippen LogP contribution in [0.25, 0.3) is 0 Å². The monoisotopic (exact) mass is 258 g/mol. The molecule has 0 spiro atoms. The van der Waals surface area contributed by atoms with Crippen LogP contribution < -0.4 is 0 Å². The Bertz CT molecular complexity index is 230. The molecule has 58 valence electrons. The molecule has 0 saturated heterocycles. The van der Waals surface area contributed by atoms with Gasteiger partial charge < -0.3 is 0 Å². The molecule has 0 heterocycles. The van der Waals surface area contributed by atoms with Gasteiger partial charge in [0.2, 0.25) is 0 Å². The molecule has 0 aliphatic heterocycles. The maximum Gasteiger partial charge on any atom is 0.00300 e. The fourth-order valence-corrected chi connectivity index (χ4v) is 2.38. The highest BCUT2D eigenvalue weighted by Gasteiger charge is 2.18. The van der Waals surface area contributed by atoms with Crippen LogP contribution in [0.1, 0.15) is 11.1 Å². The van der Waals surface area contributed by atoms with E-state index in [-0.39, 0.29) is 0 Å². The number of hydrogen-bond acceptors (Lipinski definition) is 0. The van der Waals surface area contributed by atoms with Crippen LogP contribution >= 0.6 is 22.6 Å². The summed E-state index contributed by atoms with van der Waals surface area (Å²) in [5.41, 5.74) is 3.16. The van der Waals surface area contributed by atoms with Gasteiger partial charge in [-0.2, -0.15) is 0 Å². The minimum absolute atomic E-state index is 0.910. The van der Waals surface area contributed by atoms with E-state index in [0.29, 0.717) is 0 Å². The first-order chi connectivity index (χ1) is 5.40. The highest BCUT2D eigenvalue weighted by molar-refractivity contribution is 14.1. The molecule has 1 aromatic carbocycles. The summed E-state index contributed by atoms with van der Waals surface area (Å²) in [6, 6.07) is 8.83. The summed E-state index contributed by atoms with van der Waals surface area (Å²) >= 11 is 2.49. The third-order valence-electron chi connectivity index (χ3n) is 2.35. The molecule has 2 rings (SSSR count). The molecule has 1 aliphatic carbocycles. The van der Waals surface area contributed by atoms with Crippen LogP contribution in [-0.2, 0) is 12.8 Å². The molecule has 0 radical (unpaired) electrons. The van der Waals surface area contributed by atoms with Gasteiger partial charge in [-0.3, -0.25) is 0 Å². The number of fused-ring (bicyclic) bond motifs is 1. The average Bonchev–Trinajstić information content (AvgIpc) is 2.46. The van der Waals surface area contributed by atoms with Gasteiger partial charge in [0.1, 0.15) is 0 Å². The summed E-state index contributed by atoms with van der Waals surface area (Å²) in [5, 5.41) is 0.